The molecular formula is C25H32N2O3S. The highest BCUT2D eigenvalue weighted by Gasteiger charge is 2.35. The number of carbonyl (C=O) groups is 2. The van der Waals surface area contributed by atoms with Gasteiger partial charge in [0.15, 0.2) is 0 Å². The zero-order valence-corrected chi connectivity index (χ0v) is 19.3. The van der Waals surface area contributed by atoms with Gasteiger partial charge in [-0.1, -0.05) is 32.0 Å². The van der Waals surface area contributed by atoms with Crippen LogP contribution < -0.4 is 4.74 Å². The minimum atomic E-state index is -0.120. The number of nitrogens with zero attached hydrogens (tertiary/aromatic N) is 2. The summed E-state index contributed by atoms with van der Waals surface area (Å²) in [5.41, 5.74) is 1.18. The fourth-order valence-electron chi connectivity index (χ4n) is 4.17. The molecule has 166 valence electrons. The van der Waals surface area contributed by atoms with Crippen molar-refractivity contribution in [1.29, 1.82) is 0 Å². The first-order chi connectivity index (χ1) is 15.0. The first kappa shape index (κ1) is 21.9. The fraction of sp³-hybridized carbons (Fsp3) is 0.520. The number of carbonyl (C=O) groups excluding carboxylic acids is 2. The minimum Gasteiger partial charge on any atom is -0.491 e. The van der Waals surface area contributed by atoms with Crippen LogP contribution in [-0.2, 0) is 16.0 Å². The number of hydrogen-bond donors (Lipinski definition) is 0. The molecule has 4 rings (SSSR count). The topological polar surface area (TPSA) is 49.9 Å². The van der Waals surface area contributed by atoms with E-state index < -0.39 is 0 Å². The van der Waals surface area contributed by atoms with Crippen molar-refractivity contribution in [3.63, 3.8) is 0 Å². The van der Waals surface area contributed by atoms with Gasteiger partial charge in [0.25, 0.3) is 0 Å². The summed E-state index contributed by atoms with van der Waals surface area (Å²) in [6.45, 7) is 6.07. The van der Waals surface area contributed by atoms with E-state index in [1.807, 2.05) is 35.2 Å². The largest absolute Gasteiger partial charge is 0.491 e. The Bertz CT molecular complexity index is 891. The molecule has 2 amide bonds. The van der Waals surface area contributed by atoms with E-state index in [2.05, 4.69) is 25.3 Å². The van der Waals surface area contributed by atoms with Gasteiger partial charge in [0.1, 0.15) is 12.4 Å². The molecular weight excluding hydrogens is 408 g/mol. The van der Waals surface area contributed by atoms with Crippen molar-refractivity contribution in [1.82, 2.24) is 9.80 Å². The highest BCUT2D eigenvalue weighted by molar-refractivity contribution is 7.10. The summed E-state index contributed by atoms with van der Waals surface area (Å²) in [4.78, 5) is 31.3. The van der Waals surface area contributed by atoms with Gasteiger partial charge in [-0.15, -0.1) is 11.3 Å². The molecule has 0 radical (unpaired) electrons. The van der Waals surface area contributed by atoms with Crippen molar-refractivity contribution in [3.8, 4) is 5.75 Å². The van der Waals surface area contributed by atoms with E-state index in [1.165, 1.54) is 10.4 Å². The Balaban J connectivity index is 1.48. The zero-order valence-electron chi connectivity index (χ0n) is 18.5. The Hall–Kier alpha value is -2.34. The van der Waals surface area contributed by atoms with E-state index in [9.17, 15) is 9.59 Å². The summed E-state index contributed by atoms with van der Waals surface area (Å²) in [6.07, 6.45) is 3.68. The van der Waals surface area contributed by atoms with Crippen LogP contribution in [0.25, 0.3) is 0 Å². The molecule has 0 spiro atoms. The van der Waals surface area contributed by atoms with Crippen molar-refractivity contribution in [2.45, 2.75) is 45.6 Å². The number of para-hydroxylation sites is 1. The van der Waals surface area contributed by atoms with Gasteiger partial charge in [-0.2, -0.15) is 0 Å². The normalized spacial score (nSPS) is 18.0. The Labute approximate surface area is 189 Å². The van der Waals surface area contributed by atoms with Gasteiger partial charge in [0.05, 0.1) is 12.6 Å². The van der Waals surface area contributed by atoms with Crippen LogP contribution in [0, 0.1) is 11.8 Å². The predicted molar refractivity (Wildman–Crippen MR) is 123 cm³/mol. The maximum Gasteiger partial charge on any atom is 0.242 e. The third-order valence-corrected chi connectivity index (χ3v) is 7.00. The number of amides is 2. The fourth-order valence-corrected chi connectivity index (χ4v) is 5.09. The number of fused-ring (bicyclic) bond motifs is 1. The smallest absolute Gasteiger partial charge is 0.242 e. The van der Waals surface area contributed by atoms with Crippen molar-refractivity contribution < 1.29 is 14.3 Å². The van der Waals surface area contributed by atoms with Crippen LogP contribution >= 0.6 is 11.3 Å². The van der Waals surface area contributed by atoms with Gasteiger partial charge < -0.3 is 14.5 Å². The Morgan fingerprint density at radius 1 is 1.19 bits per heavy atom. The molecule has 1 aromatic heterocycles. The van der Waals surface area contributed by atoms with Gasteiger partial charge in [-0.3, -0.25) is 9.59 Å². The summed E-state index contributed by atoms with van der Waals surface area (Å²) >= 11 is 1.75. The molecule has 31 heavy (non-hydrogen) atoms. The lowest BCUT2D eigenvalue weighted by Crippen LogP contribution is -2.48. The lowest BCUT2D eigenvalue weighted by molar-refractivity contribution is -0.143. The van der Waals surface area contributed by atoms with Crippen molar-refractivity contribution in [2.75, 3.05) is 26.2 Å². The minimum absolute atomic E-state index is 0.0243. The maximum absolute atomic E-state index is 13.4. The van der Waals surface area contributed by atoms with E-state index in [-0.39, 0.29) is 24.4 Å². The number of ether oxygens (including phenoxy) is 1. The van der Waals surface area contributed by atoms with E-state index in [0.29, 0.717) is 38.0 Å². The molecule has 1 saturated carbocycles. The molecule has 2 aromatic rings. The standard InChI is InChI=1S/C25H32N2O3S/c1-18(2)14-24(28)26(15-19-8-9-19)16-25(29)27-12-10-23-21(11-13-31-23)22(27)17-30-20-6-4-3-5-7-20/h3-7,11,13,18-19,22H,8-10,12,14-17H2,1-2H3. The molecule has 1 unspecified atom stereocenters. The van der Waals surface area contributed by atoms with Crippen LogP contribution in [-0.4, -0.2) is 47.9 Å². The lowest BCUT2D eigenvalue weighted by Gasteiger charge is -2.37. The van der Waals surface area contributed by atoms with Gasteiger partial charge in [0, 0.05) is 24.4 Å². The maximum atomic E-state index is 13.4. The number of hydrogen-bond acceptors (Lipinski definition) is 4. The van der Waals surface area contributed by atoms with Crippen LogP contribution in [0.5, 0.6) is 5.75 Å². The Morgan fingerprint density at radius 3 is 2.68 bits per heavy atom. The Kier molecular flexibility index (Phi) is 6.96. The summed E-state index contributed by atoms with van der Waals surface area (Å²) in [7, 11) is 0. The highest BCUT2D eigenvalue weighted by Crippen LogP contribution is 2.34. The molecule has 1 aliphatic heterocycles. The second-order valence-electron chi connectivity index (χ2n) is 9.09. The van der Waals surface area contributed by atoms with Gasteiger partial charge in [-0.25, -0.2) is 0 Å². The molecule has 0 bridgehead atoms. The third kappa shape index (κ3) is 5.67. The van der Waals surface area contributed by atoms with Crippen molar-refractivity contribution in [3.05, 3.63) is 52.2 Å². The average molecular weight is 441 g/mol. The summed E-state index contributed by atoms with van der Waals surface area (Å²) < 4.78 is 6.06. The second-order valence-corrected chi connectivity index (χ2v) is 10.1. The van der Waals surface area contributed by atoms with Crippen LogP contribution in [0.2, 0.25) is 0 Å². The number of thiophene rings is 1. The third-order valence-electron chi connectivity index (χ3n) is 6.00. The van der Waals surface area contributed by atoms with Crippen LogP contribution in [0.1, 0.15) is 49.6 Å². The lowest BCUT2D eigenvalue weighted by atomic mass is 10.00. The molecule has 2 heterocycles. The van der Waals surface area contributed by atoms with Crippen LogP contribution in [0.3, 0.4) is 0 Å². The summed E-state index contributed by atoms with van der Waals surface area (Å²) in [5, 5.41) is 2.10. The molecule has 2 aliphatic rings. The van der Waals surface area contributed by atoms with E-state index in [4.69, 9.17) is 4.74 Å². The summed E-state index contributed by atoms with van der Waals surface area (Å²) in [6, 6.07) is 11.7. The summed E-state index contributed by atoms with van der Waals surface area (Å²) in [5.74, 6) is 1.78. The second kappa shape index (κ2) is 9.86. The van der Waals surface area contributed by atoms with E-state index in [1.54, 1.807) is 16.2 Å². The first-order valence-corrected chi connectivity index (χ1v) is 12.2. The Morgan fingerprint density at radius 2 is 1.97 bits per heavy atom. The molecule has 1 aliphatic carbocycles. The van der Waals surface area contributed by atoms with Gasteiger partial charge >= 0.3 is 0 Å². The highest BCUT2D eigenvalue weighted by atomic mass is 32.1. The SMILES string of the molecule is CC(C)CC(=O)N(CC(=O)N1CCc2sccc2C1COc1ccccc1)CC1CC1. The van der Waals surface area contributed by atoms with Crippen molar-refractivity contribution in [2.24, 2.45) is 11.8 Å². The van der Waals surface area contributed by atoms with Crippen LogP contribution in [0.15, 0.2) is 41.8 Å². The molecule has 5 nitrogen and oxygen atoms in total. The predicted octanol–water partition coefficient (Wildman–Crippen LogP) is 4.54. The molecule has 1 atom stereocenters. The van der Waals surface area contributed by atoms with Crippen molar-refractivity contribution >= 4 is 23.2 Å². The molecule has 0 N–H and O–H groups in total. The molecule has 0 saturated heterocycles. The molecule has 1 aromatic carbocycles. The molecule has 1 fully saturated rings. The van der Waals surface area contributed by atoms with E-state index >= 15 is 0 Å². The zero-order chi connectivity index (χ0) is 21.8. The first-order valence-electron chi connectivity index (χ1n) is 11.3. The van der Waals surface area contributed by atoms with Crippen LogP contribution in [0.4, 0.5) is 0 Å². The van der Waals surface area contributed by atoms with Gasteiger partial charge in [-0.05, 0) is 60.2 Å². The average Bonchev–Trinajstić information content (AvgIpc) is 3.44. The quantitative estimate of drug-likeness (QED) is 0.575. The number of benzene rings is 1. The number of rotatable bonds is 9. The molecule has 6 heteroatoms. The monoisotopic (exact) mass is 440 g/mol. The van der Waals surface area contributed by atoms with Gasteiger partial charge in [0.2, 0.25) is 11.8 Å². The van der Waals surface area contributed by atoms with E-state index in [0.717, 1.165) is 25.0 Å².